The van der Waals surface area contributed by atoms with Crippen LogP contribution < -0.4 is 15.4 Å². The SMILES string of the molecule is COc1cccc(C(=O)NCC(=O)OCC(=O)NC(=O)c2cccs2)c1. The third kappa shape index (κ3) is 5.71. The third-order valence-corrected chi connectivity index (χ3v) is 3.96. The van der Waals surface area contributed by atoms with Gasteiger partial charge in [-0.25, -0.2) is 0 Å². The molecule has 2 N–H and O–H groups in total. The summed E-state index contributed by atoms with van der Waals surface area (Å²) in [5.74, 6) is -2.10. The third-order valence-electron chi connectivity index (χ3n) is 3.09. The van der Waals surface area contributed by atoms with Gasteiger partial charge < -0.3 is 14.8 Å². The maximum Gasteiger partial charge on any atom is 0.325 e. The molecule has 0 fully saturated rings. The Kier molecular flexibility index (Phi) is 6.86. The molecule has 0 radical (unpaired) electrons. The van der Waals surface area contributed by atoms with Gasteiger partial charge in [-0.15, -0.1) is 11.3 Å². The van der Waals surface area contributed by atoms with Crippen molar-refractivity contribution in [1.29, 1.82) is 0 Å². The fraction of sp³-hybridized carbons (Fsp3) is 0.176. The lowest BCUT2D eigenvalue weighted by atomic mass is 10.2. The maximum atomic E-state index is 11.9. The van der Waals surface area contributed by atoms with E-state index in [1.807, 2.05) is 0 Å². The van der Waals surface area contributed by atoms with Gasteiger partial charge in [-0.1, -0.05) is 12.1 Å². The van der Waals surface area contributed by atoms with E-state index in [0.717, 1.165) is 0 Å². The van der Waals surface area contributed by atoms with Crippen LogP contribution in [0.1, 0.15) is 20.0 Å². The van der Waals surface area contributed by atoms with Crippen LogP contribution in [0.15, 0.2) is 41.8 Å². The van der Waals surface area contributed by atoms with E-state index in [-0.39, 0.29) is 0 Å². The normalized spacial score (nSPS) is 9.88. The van der Waals surface area contributed by atoms with Crippen molar-refractivity contribution in [3.05, 3.63) is 52.2 Å². The van der Waals surface area contributed by atoms with Crippen molar-refractivity contribution in [3.8, 4) is 5.75 Å². The average Bonchev–Trinajstić information content (AvgIpc) is 3.19. The number of amides is 3. The molecule has 9 heteroatoms. The first-order chi connectivity index (χ1) is 12.5. The Morgan fingerprint density at radius 3 is 2.58 bits per heavy atom. The first kappa shape index (κ1) is 19.1. The molecule has 0 aliphatic carbocycles. The van der Waals surface area contributed by atoms with Crippen LogP contribution in [0.2, 0.25) is 0 Å². The molecular weight excluding hydrogens is 360 g/mol. The van der Waals surface area contributed by atoms with Crippen molar-refractivity contribution < 1.29 is 28.7 Å². The number of benzene rings is 1. The first-order valence-corrected chi connectivity index (χ1v) is 8.33. The van der Waals surface area contributed by atoms with Gasteiger partial charge in [0, 0.05) is 5.56 Å². The van der Waals surface area contributed by atoms with Crippen LogP contribution in [0.4, 0.5) is 0 Å². The number of rotatable bonds is 7. The van der Waals surface area contributed by atoms with E-state index >= 15 is 0 Å². The highest BCUT2D eigenvalue weighted by Gasteiger charge is 2.14. The smallest absolute Gasteiger partial charge is 0.325 e. The van der Waals surface area contributed by atoms with Gasteiger partial charge >= 0.3 is 5.97 Å². The second-order valence-corrected chi connectivity index (χ2v) is 5.88. The number of hydrogen-bond donors (Lipinski definition) is 2. The summed E-state index contributed by atoms with van der Waals surface area (Å²) in [6, 6.07) is 9.64. The highest BCUT2D eigenvalue weighted by molar-refractivity contribution is 7.12. The zero-order valence-corrected chi connectivity index (χ0v) is 14.6. The minimum atomic E-state index is -0.806. The highest BCUT2D eigenvalue weighted by atomic mass is 32.1. The van der Waals surface area contributed by atoms with Crippen LogP contribution in [0.25, 0.3) is 0 Å². The molecule has 0 aliphatic rings. The topological polar surface area (TPSA) is 111 Å². The molecule has 0 bridgehead atoms. The second-order valence-electron chi connectivity index (χ2n) is 4.93. The molecule has 0 spiro atoms. The van der Waals surface area contributed by atoms with Crippen molar-refractivity contribution in [3.63, 3.8) is 0 Å². The minimum absolute atomic E-state index is 0.316. The van der Waals surface area contributed by atoms with Gasteiger partial charge in [0.25, 0.3) is 17.7 Å². The largest absolute Gasteiger partial charge is 0.497 e. The summed E-state index contributed by atoms with van der Waals surface area (Å²) < 4.78 is 9.73. The van der Waals surface area contributed by atoms with E-state index in [9.17, 15) is 19.2 Å². The number of thiophene rings is 1. The predicted molar refractivity (Wildman–Crippen MR) is 93.1 cm³/mol. The van der Waals surface area contributed by atoms with Crippen LogP contribution in [-0.4, -0.2) is 44.0 Å². The molecule has 2 aromatic rings. The fourth-order valence-corrected chi connectivity index (χ4v) is 2.47. The van der Waals surface area contributed by atoms with Crippen molar-refractivity contribution >= 4 is 35.0 Å². The highest BCUT2D eigenvalue weighted by Crippen LogP contribution is 2.12. The molecule has 1 aromatic carbocycles. The van der Waals surface area contributed by atoms with Gasteiger partial charge in [0.1, 0.15) is 12.3 Å². The minimum Gasteiger partial charge on any atom is -0.497 e. The molecule has 0 aliphatic heterocycles. The quantitative estimate of drug-likeness (QED) is 0.697. The molecule has 0 atom stereocenters. The number of carbonyl (C=O) groups is 4. The Bertz CT molecular complexity index is 803. The Labute approximate surface area is 153 Å². The lowest BCUT2D eigenvalue weighted by molar-refractivity contribution is -0.147. The summed E-state index contributed by atoms with van der Waals surface area (Å²) >= 11 is 1.18. The molecule has 0 unspecified atom stereocenters. The van der Waals surface area contributed by atoms with Gasteiger partial charge in [-0.05, 0) is 29.6 Å². The fourth-order valence-electron chi connectivity index (χ4n) is 1.85. The number of carbonyl (C=O) groups excluding carboxylic acids is 4. The maximum absolute atomic E-state index is 11.9. The number of esters is 1. The Morgan fingerprint density at radius 2 is 1.88 bits per heavy atom. The molecule has 0 saturated heterocycles. The van der Waals surface area contributed by atoms with Gasteiger partial charge in [-0.2, -0.15) is 0 Å². The average molecular weight is 376 g/mol. The number of ether oxygens (including phenoxy) is 2. The Balaban J connectivity index is 1.72. The number of imide groups is 1. The number of nitrogens with one attached hydrogen (secondary N) is 2. The van der Waals surface area contributed by atoms with E-state index in [4.69, 9.17) is 9.47 Å². The number of hydrogen-bond acceptors (Lipinski definition) is 7. The lowest BCUT2D eigenvalue weighted by Crippen LogP contribution is -2.36. The molecule has 1 aromatic heterocycles. The monoisotopic (exact) mass is 376 g/mol. The number of methoxy groups -OCH3 is 1. The molecule has 26 heavy (non-hydrogen) atoms. The molecule has 0 saturated carbocycles. The lowest BCUT2D eigenvalue weighted by Gasteiger charge is -2.07. The van der Waals surface area contributed by atoms with Crippen molar-refractivity contribution in [1.82, 2.24) is 10.6 Å². The molecule has 3 amide bonds. The molecule has 8 nitrogen and oxygen atoms in total. The van der Waals surface area contributed by atoms with E-state index < -0.39 is 36.8 Å². The Morgan fingerprint density at radius 1 is 1.08 bits per heavy atom. The summed E-state index contributed by atoms with van der Waals surface area (Å²) in [5, 5.41) is 6.16. The standard InChI is InChI=1S/C17H16N2O6S/c1-24-12-5-2-4-11(8-12)16(22)18-9-15(21)25-10-14(20)19-17(23)13-6-3-7-26-13/h2-8H,9-10H2,1H3,(H,18,22)(H,19,20,23). The van der Waals surface area contributed by atoms with Gasteiger partial charge in [0.15, 0.2) is 6.61 Å². The van der Waals surface area contributed by atoms with Crippen LogP contribution in [0, 0.1) is 0 Å². The van der Waals surface area contributed by atoms with Gasteiger partial charge in [-0.3, -0.25) is 24.5 Å². The van der Waals surface area contributed by atoms with E-state index in [2.05, 4.69) is 10.6 Å². The van der Waals surface area contributed by atoms with Crippen molar-refractivity contribution in [2.45, 2.75) is 0 Å². The van der Waals surface area contributed by atoms with E-state index in [0.29, 0.717) is 16.2 Å². The van der Waals surface area contributed by atoms with E-state index in [1.54, 1.807) is 35.7 Å². The van der Waals surface area contributed by atoms with Crippen LogP contribution in [-0.2, 0) is 14.3 Å². The second kappa shape index (κ2) is 9.33. The van der Waals surface area contributed by atoms with Crippen LogP contribution >= 0.6 is 11.3 Å². The first-order valence-electron chi connectivity index (χ1n) is 7.45. The molecule has 2 rings (SSSR count). The summed E-state index contributed by atoms with van der Waals surface area (Å²) in [5.41, 5.74) is 0.316. The van der Waals surface area contributed by atoms with Crippen molar-refractivity contribution in [2.75, 3.05) is 20.3 Å². The summed E-state index contributed by atoms with van der Waals surface area (Å²) in [6.45, 7) is -1.03. The zero-order valence-electron chi connectivity index (χ0n) is 13.8. The van der Waals surface area contributed by atoms with Crippen LogP contribution in [0.5, 0.6) is 5.75 Å². The molecule has 1 heterocycles. The molecule has 136 valence electrons. The summed E-state index contributed by atoms with van der Waals surface area (Å²) in [6.07, 6.45) is 0. The predicted octanol–water partition coefficient (Wildman–Crippen LogP) is 0.986. The Hall–Kier alpha value is -3.20. The molecular formula is C17H16N2O6S. The summed E-state index contributed by atoms with van der Waals surface area (Å²) in [4.78, 5) is 47.1. The van der Waals surface area contributed by atoms with Crippen LogP contribution in [0.3, 0.4) is 0 Å². The van der Waals surface area contributed by atoms with Gasteiger partial charge in [0.05, 0.1) is 12.0 Å². The van der Waals surface area contributed by atoms with Crippen molar-refractivity contribution in [2.24, 2.45) is 0 Å². The van der Waals surface area contributed by atoms with Gasteiger partial charge in [0.2, 0.25) is 0 Å². The van der Waals surface area contributed by atoms with E-state index in [1.165, 1.54) is 24.5 Å². The summed E-state index contributed by atoms with van der Waals surface area (Å²) in [7, 11) is 1.47. The zero-order chi connectivity index (χ0) is 18.9.